The topological polar surface area (TPSA) is 90.0 Å². The number of urea groups is 1. The molecule has 1 N–H and O–H groups in total. The second-order valence-electron chi connectivity index (χ2n) is 12.0. The van der Waals surface area contributed by atoms with Gasteiger partial charge in [-0.3, -0.25) is 19.3 Å². The fraction of sp³-hybridized carbons (Fsp3) is 0.852. The average Bonchev–Trinajstić information content (AvgIpc) is 3.46. The Bertz CT molecular complexity index is 819. The van der Waals surface area contributed by atoms with Gasteiger partial charge in [-0.05, 0) is 49.4 Å². The molecule has 4 aliphatic rings. The van der Waals surface area contributed by atoms with Gasteiger partial charge in [-0.1, -0.05) is 52.9 Å². The van der Waals surface area contributed by atoms with E-state index >= 15 is 0 Å². The quantitative estimate of drug-likeness (QED) is 0.555. The molecule has 2 saturated carbocycles. The van der Waals surface area contributed by atoms with Gasteiger partial charge in [0.25, 0.3) is 5.91 Å². The van der Waals surface area contributed by atoms with Crippen molar-refractivity contribution in [2.75, 3.05) is 32.7 Å². The van der Waals surface area contributed by atoms with Crippen molar-refractivity contribution >= 4 is 23.8 Å². The van der Waals surface area contributed by atoms with Crippen LogP contribution in [0.1, 0.15) is 91.4 Å². The third-order valence-corrected chi connectivity index (χ3v) is 9.62. The van der Waals surface area contributed by atoms with Crippen LogP contribution in [0.5, 0.6) is 0 Å². The Morgan fingerprint density at radius 2 is 1.51 bits per heavy atom. The van der Waals surface area contributed by atoms with Crippen LogP contribution < -0.4 is 5.32 Å². The molecule has 0 aromatic carbocycles. The van der Waals surface area contributed by atoms with Crippen molar-refractivity contribution in [3.05, 3.63) is 0 Å². The normalized spacial score (nSPS) is 28.2. The maximum Gasteiger partial charge on any atom is 0.325 e. The number of carbonyl (C=O) groups excluding carboxylic acids is 4. The fourth-order valence-corrected chi connectivity index (χ4v) is 6.56. The van der Waals surface area contributed by atoms with Gasteiger partial charge in [0.1, 0.15) is 12.1 Å². The number of hydrogen-bond donors (Lipinski definition) is 1. The smallest absolute Gasteiger partial charge is 0.325 e. The Morgan fingerprint density at radius 3 is 2.09 bits per heavy atom. The van der Waals surface area contributed by atoms with Crippen LogP contribution in [0.3, 0.4) is 0 Å². The predicted octanol–water partition coefficient (Wildman–Crippen LogP) is 3.54. The molecule has 0 aromatic rings. The van der Waals surface area contributed by atoms with Gasteiger partial charge in [0.05, 0.1) is 0 Å². The van der Waals surface area contributed by atoms with Crippen molar-refractivity contribution in [3.8, 4) is 0 Å². The standard InChI is InChI=1S/C27H44N4O4/c1-4-26(2,3)21-11-13-27(14-12-21)24(34)31(25(35)28-27)19-23(33)30-17-15-29(16-18-30)22(32)10-9-20-7-5-6-8-20/h20-21H,4-19H2,1-3H3,(H,28,35). The van der Waals surface area contributed by atoms with Gasteiger partial charge < -0.3 is 15.1 Å². The van der Waals surface area contributed by atoms with Crippen LogP contribution in [-0.4, -0.2) is 76.7 Å². The number of nitrogens with zero attached hydrogens (tertiary/aromatic N) is 3. The number of carbonyl (C=O) groups is 4. The number of nitrogens with one attached hydrogen (secondary N) is 1. The first-order valence-electron chi connectivity index (χ1n) is 13.8. The Balaban J connectivity index is 1.24. The summed E-state index contributed by atoms with van der Waals surface area (Å²) in [5.41, 5.74) is -0.620. The van der Waals surface area contributed by atoms with E-state index in [1.54, 1.807) is 4.90 Å². The van der Waals surface area contributed by atoms with E-state index in [0.717, 1.165) is 30.6 Å². The molecular weight excluding hydrogens is 444 g/mol. The van der Waals surface area contributed by atoms with Crippen molar-refractivity contribution in [2.45, 2.75) is 96.9 Å². The molecule has 0 atom stereocenters. The lowest BCUT2D eigenvalue weighted by Crippen LogP contribution is -2.54. The molecule has 8 heteroatoms. The minimum atomic E-state index is -0.845. The summed E-state index contributed by atoms with van der Waals surface area (Å²) < 4.78 is 0. The van der Waals surface area contributed by atoms with Crippen LogP contribution >= 0.6 is 0 Å². The van der Waals surface area contributed by atoms with E-state index < -0.39 is 11.6 Å². The van der Waals surface area contributed by atoms with E-state index in [9.17, 15) is 19.2 Å². The number of piperazine rings is 1. The van der Waals surface area contributed by atoms with Gasteiger partial charge in [0, 0.05) is 32.6 Å². The van der Waals surface area contributed by atoms with E-state index in [2.05, 4.69) is 26.1 Å². The Morgan fingerprint density at radius 1 is 0.943 bits per heavy atom. The molecule has 4 rings (SSSR count). The van der Waals surface area contributed by atoms with Gasteiger partial charge in [-0.15, -0.1) is 0 Å². The van der Waals surface area contributed by atoms with E-state index in [4.69, 9.17) is 0 Å². The van der Waals surface area contributed by atoms with Crippen molar-refractivity contribution < 1.29 is 19.2 Å². The Kier molecular flexibility index (Phi) is 7.77. The molecule has 1 spiro atoms. The molecular formula is C27H44N4O4. The lowest BCUT2D eigenvalue weighted by molar-refractivity contribution is -0.143. The molecule has 196 valence electrons. The molecule has 2 saturated heterocycles. The second-order valence-corrected chi connectivity index (χ2v) is 12.0. The molecule has 35 heavy (non-hydrogen) atoms. The summed E-state index contributed by atoms with van der Waals surface area (Å²) >= 11 is 0. The Hall–Kier alpha value is -2.12. The lowest BCUT2D eigenvalue weighted by atomic mass is 9.65. The first kappa shape index (κ1) is 26.0. The summed E-state index contributed by atoms with van der Waals surface area (Å²) in [5, 5.41) is 2.94. The zero-order valence-electron chi connectivity index (χ0n) is 21.9. The molecule has 2 heterocycles. The molecule has 0 radical (unpaired) electrons. The van der Waals surface area contributed by atoms with Crippen LogP contribution in [0, 0.1) is 17.3 Å². The number of rotatable bonds is 7. The van der Waals surface area contributed by atoms with Crippen LogP contribution in [0.4, 0.5) is 4.79 Å². The highest BCUT2D eigenvalue weighted by Crippen LogP contribution is 2.45. The minimum absolute atomic E-state index is 0.182. The maximum atomic E-state index is 13.3. The lowest BCUT2D eigenvalue weighted by Gasteiger charge is -2.42. The monoisotopic (exact) mass is 488 g/mol. The van der Waals surface area contributed by atoms with E-state index in [0.29, 0.717) is 57.3 Å². The third-order valence-electron chi connectivity index (χ3n) is 9.62. The zero-order valence-corrected chi connectivity index (χ0v) is 21.9. The van der Waals surface area contributed by atoms with Gasteiger partial charge in [0.2, 0.25) is 11.8 Å². The SMILES string of the molecule is CCC(C)(C)C1CCC2(CC1)NC(=O)N(CC(=O)N1CCN(C(=O)CCC3CCCC3)CC1)C2=O. The number of hydrogen-bond acceptors (Lipinski definition) is 4. The summed E-state index contributed by atoms with van der Waals surface area (Å²) in [7, 11) is 0. The first-order chi connectivity index (χ1) is 16.6. The molecule has 2 aliphatic heterocycles. The maximum absolute atomic E-state index is 13.3. The summed E-state index contributed by atoms with van der Waals surface area (Å²) in [5.74, 6) is 0.953. The molecule has 0 aromatic heterocycles. The van der Waals surface area contributed by atoms with Crippen molar-refractivity contribution in [1.29, 1.82) is 0 Å². The summed E-state index contributed by atoms with van der Waals surface area (Å²) in [6, 6.07) is -0.447. The highest BCUT2D eigenvalue weighted by molar-refractivity contribution is 6.09. The summed E-state index contributed by atoms with van der Waals surface area (Å²) in [4.78, 5) is 56.2. The van der Waals surface area contributed by atoms with Crippen molar-refractivity contribution in [1.82, 2.24) is 20.0 Å². The van der Waals surface area contributed by atoms with Crippen LogP contribution in [-0.2, 0) is 14.4 Å². The van der Waals surface area contributed by atoms with E-state index in [1.807, 2.05) is 4.90 Å². The zero-order chi connectivity index (χ0) is 25.2. The predicted molar refractivity (Wildman–Crippen MR) is 133 cm³/mol. The molecule has 5 amide bonds. The van der Waals surface area contributed by atoms with Crippen LogP contribution in [0.15, 0.2) is 0 Å². The summed E-state index contributed by atoms with van der Waals surface area (Å²) in [6.45, 7) is 8.49. The second kappa shape index (κ2) is 10.5. The van der Waals surface area contributed by atoms with Crippen LogP contribution in [0.2, 0.25) is 0 Å². The molecule has 0 bridgehead atoms. The molecule has 2 aliphatic carbocycles. The highest BCUT2D eigenvalue weighted by Gasteiger charge is 2.54. The molecule has 8 nitrogen and oxygen atoms in total. The molecule has 4 fully saturated rings. The minimum Gasteiger partial charge on any atom is -0.339 e. The van der Waals surface area contributed by atoms with Crippen molar-refractivity contribution in [3.63, 3.8) is 0 Å². The highest BCUT2D eigenvalue weighted by atomic mass is 16.2. The van der Waals surface area contributed by atoms with E-state index in [1.165, 1.54) is 25.7 Å². The summed E-state index contributed by atoms with van der Waals surface area (Å²) in [6.07, 6.45) is 10.8. The largest absolute Gasteiger partial charge is 0.339 e. The average molecular weight is 489 g/mol. The van der Waals surface area contributed by atoms with Gasteiger partial charge >= 0.3 is 6.03 Å². The first-order valence-corrected chi connectivity index (χ1v) is 13.8. The van der Waals surface area contributed by atoms with Crippen LogP contribution in [0.25, 0.3) is 0 Å². The number of amides is 5. The Labute approximate surface area is 210 Å². The van der Waals surface area contributed by atoms with Crippen molar-refractivity contribution in [2.24, 2.45) is 17.3 Å². The van der Waals surface area contributed by atoms with Gasteiger partial charge in [-0.2, -0.15) is 0 Å². The van der Waals surface area contributed by atoms with Gasteiger partial charge in [-0.25, -0.2) is 4.79 Å². The molecule has 0 unspecified atom stereocenters. The van der Waals surface area contributed by atoms with Gasteiger partial charge in [0.15, 0.2) is 0 Å². The number of imide groups is 1. The van der Waals surface area contributed by atoms with E-state index in [-0.39, 0.29) is 29.7 Å². The third kappa shape index (κ3) is 5.51. The fourth-order valence-electron chi connectivity index (χ4n) is 6.56.